The van der Waals surface area contributed by atoms with E-state index < -0.39 is 0 Å². The number of aryl methyl sites for hydroxylation is 4. The van der Waals surface area contributed by atoms with Crippen LogP contribution in [-0.4, -0.2) is 45.7 Å². The fourth-order valence-electron chi connectivity index (χ4n) is 4.77. The molecule has 0 spiro atoms. The van der Waals surface area contributed by atoms with E-state index >= 15 is 0 Å². The van der Waals surface area contributed by atoms with Gasteiger partial charge in [0.25, 0.3) is 5.89 Å². The summed E-state index contributed by atoms with van der Waals surface area (Å²) >= 11 is 0. The molecule has 1 saturated heterocycles. The second-order valence-corrected chi connectivity index (χ2v) is 8.79. The summed E-state index contributed by atoms with van der Waals surface area (Å²) in [6.45, 7) is 8.08. The van der Waals surface area contributed by atoms with E-state index in [2.05, 4.69) is 50.1 Å². The van der Waals surface area contributed by atoms with E-state index in [0.29, 0.717) is 17.5 Å². The van der Waals surface area contributed by atoms with Crippen LogP contribution in [-0.2, 0) is 11.2 Å². The van der Waals surface area contributed by atoms with E-state index in [0.717, 1.165) is 62.4 Å². The number of hydrogen-bond donors (Lipinski definition) is 0. The van der Waals surface area contributed by atoms with Gasteiger partial charge in [-0.25, -0.2) is 9.97 Å². The van der Waals surface area contributed by atoms with Crippen molar-refractivity contribution in [2.75, 3.05) is 29.4 Å². The molecular weight excluding hydrogens is 404 g/mol. The van der Waals surface area contributed by atoms with Gasteiger partial charge in [0.1, 0.15) is 17.2 Å². The maximum absolute atomic E-state index is 13.4. The number of carbonyl (C=O) groups is 1. The van der Waals surface area contributed by atoms with E-state index in [-0.39, 0.29) is 11.8 Å². The number of piperidine rings is 1. The number of benzene rings is 1. The van der Waals surface area contributed by atoms with E-state index in [1.165, 1.54) is 11.1 Å². The van der Waals surface area contributed by atoms with Crippen LogP contribution in [0.3, 0.4) is 0 Å². The van der Waals surface area contributed by atoms with E-state index in [4.69, 9.17) is 4.52 Å². The lowest BCUT2D eigenvalue weighted by Crippen LogP contribution is -2.44. The molecular formula is C24H28N6O2. The van der Waals surface area contributed by atoms with Crippen molar-refractivity contribution in [1.29, 1.82) is 0 Å². The molecule has 0 saturated carbocycles. The Morgan fingerprint density at radius 1 is 1.06 bits per heavy atom. The van der Waals surface area contributed by atoms with Crippen molar-refractivity contribution in [3.8, 4) is 11.5 Å². The molecule has 1 fully saturated rings. The Morgan fingerprint density at radius 2 is 1.88 bits per heavy atom. The smallest absolute Gasteiger partial charge is 0.263 e. The highest BCUT2D eigenvalue weighted by Crippen LogP contribution is 2.34. The minimum atomic E-state index is 0.0236. The van der Waals surface area contributed by atoms with Gasteiger partial charge in [-0.15, -0.1) is 0 Å². The van der Waals surface area contributed by atoms with Gasteiger partial charge in [0.05, 0.1) is 0 Å². The molecule has 0 bridgehead atoms. The third-order valence-corrected chi connectivity index (χ3v) is 6.41. The predicted octanol–water partition coefficient (Wildman–Crippen LogP) is 3.65. The van der Waals surface area contributed by atoms with Crippen LogP contribution in [0.5, 0.6) is 0 Å². The van der Waals surface area contributed by atoms with Gasteiger partial charge in [-0.1, -0.05) is 22.9 Å². The zero-order valence-corrected chi connectivity index (χ0v) is 18.8. The molecule has 1 aromatic carbocycles. The molecule has 0 radical (unpaired) electrons. The predicted molar refractivity (Wildman–Crippen MR) is 122 cm³/mol. The highest BCUT2D eigenvalue weighted by atomic mass is 16.5. The van der Waals surface area contributed by atoms with Crippen molar-refractivity contribution < 1.29 is 9.32 Å². The summed E-state index contributed by atoms with van der Waals surface area (Å²) in [5.74, 6) is 2.77. The van der Waals surface area contributed by atoms with Crippen LogP contribution in [0.25, 0.3) is 11.5 Å². The van der Waals surface area contributed by atoms with Crippen LogP contribution >= 0.6 is 0 Å². The third kappa shape index (κ3) is 3.85. The molecule has 0 unspecified atom stereocenters. The summed E-state index contributed by atoms with van der Waals surface area (Å²) in [5, 5.41) is 3.90. The Morgan fingerprint density at radius 3 is 2.62 bits per heavy atom. The number of anilines is 2. The Bertz CT molecular complexity index is 1150. The Kier molecular flexibility index (Phi) is 5.36. The minimum Gasteiger partial charge on any atom is -0.356 e. The minimum absolute atomic E-state index is 0.0236. The molecule has 8 nitrogen and oxygen atoms in total. The average Bonchev–Trinajstić information content (AvgIpc) is 3.24. The molecule has 166 valence electrons. The van der Waals surface area contributed by atoms with Crippen molar-refractivity contribution >= 4 is 17.4 Å². The molecule has 0 atom stereocenters. The molecule has 2 aliphatic rings. The first-order valence-electron chi connectivity index (χ1n) is 11.3. The number of fused-ring (bicyclic) bond motifs is 1. The number of aromatic nitrogens is 4. The molecule has 8 heteroatoms. The van der Waals surface area contributed by atoms with Crippen molar-refractivity contribution in [3.05, 3.63) is 47.2 Å². The first kappa shape index (κ1) is 20.6. The zero-order valence-electron chi connectivity index (χ0n) is 18.8. The number of nitrogens with zero attached hydrogens (tertiary/aromatic N) is 6. The van der Waals surface area contributed by atoms with Gasteiger partial charge in [0.2, 0.25) is 5.91 Å². The highest BCUT2D eigenvalue weighted by molar-refractivity contribution is 5.96. The van der Waals surface area contributed by atoms with Crippen LogP contribution < -0.4 is 9.80 Å². The van der Waals surface area contributed by atoms with Crippen molar-refractivity contribution in [3.63, 3.8) is 0 Å². The fraction of sp³-hybridized carbons (Fsp3) is 0.458. The second-order valence-electron chi connectivity index (χ2n) is 8.79. The lowest BCUT2D eigenvalue weighted by molar-refractivity contribution is -0.123. The largest absolute Gasteiger partial charge is 0.356 e. The van der Waals surface area contributed by atoms with Crippen molar-refractivity contribution in [1.82, 2.24) is 20.1 Å². The SMILES string of the molecule is Cc1ccc2c(c1)CCCN2C(=O)C1CCN(c2nc(C)ncc2-c2nc(C)no2)CC1. The second kappa shape index (κ2) is 8.33. The molecule has 2 aromatic heterocycles. The summed E-state index contributed by atoms with van der Waals surface area (Å²) < 4.78 is 5.37. The maximum Gasteiger partial charge on any atom is 0.263 e. The Balaban J connectivity index is 1.33. The number of amides is 1. The quantitative estimate of drug-likeness (QED) is 0.624. The van der Waals surface area contributed by atoms with Crippen LogP contribution in [0.15, 0.2) is 28.9 Å². The summed E-state index contributed by atoms with van der Waals surface area (Å²) in [6.07, 6.45) is 5.40. The van der Waals surface area contributed by atoms with Gasteiger partial charge < -0.3 is 14.3 Å². The van der Waals surface area contributed by atoms with Gasteiger partial charge >= 0.3 is 0 Å². The molecule has 0 N–H and O–H groups in total. The van der Waals surface area contributed by atoms with E-state index in [9.17, 15) is 4.79 Å². The van der Waals surface area contributed by atoms with Crippen molar-refractivity contribution in [2.24, 2.45) is 5.92 Å². The molecule has 0 aliphatic carbocycles. The van der Waals surface area contributed by atoms with Gasteiger partial charge in [0.15, 0.2) is 5.82 Å². The number of carbonyl (C=O) groups excluding carboxylic acids is 1. The maximum atomic E-state index is 13.4. The van der Waals surface area contributed by atoms with Crippen LogP contribution in [0, 0.1) is 26.7 Å². The topological polar surface area (TPSA) is 88.3 Å². The number of rotatable bonds is 3. The fourth-order valence-corrected chi connectivity index (χ4v) is 4.77. The van der Waals surface area contributed by atoms with Crippen LogP contribution in [0.2, 0.25) is 0 Å². The third-order valence-electron chi connectivity index (χ3n) is 6.41. The highest BCUT2D eigenvalue weighted by Gasteiger charge is 2.32. The number of hydrogen-bond acceptors (Lipinski definition) is 7. The monoisotopic (exact) mass is 432 g/mol. The first-order chi connectivity index (χ1) is 15.5. The summed E-state index contributed by atoms with van der Waals surface area (Å²) in [5.41, 5.74) is 4.37. The van der Waals surface area contributed by atoms with Crippen molar-refractivity contribution in [2.45, 2.75) is 46.5 Å². The van der Waals surface area contributed by atoms with Gasteiger partial charge in [-0.3, -0.25) is 4.79 Å². The van der Waals surface area contributed by atoms with E-state index in [1.807, 2.05) is 11.8 Å². The molecule has 2 aliphatic heterocycles. The van der Waals surface area contributed by atoms with Gasteiger partial charge in [0, 0.05) is 37.4 Å². The molecule has 4 heterocycles. The standard InChI is InChI=1S/C24H28N6O2/c1-15-6-7-21-19(13-15)5-4-10-30(21)24(31)18-8-11-29(12-9-18)22-20(14-25-16(2)26-22)23-27-17(3)28-32-23/h6-7,13-14,18H,4-5,8-12H2,1-3H3. The Labute approximate surface area is 187 Å². The summed E-state index contributed by atoms with van der Waals surface area (Å²) in [6, 6.07) is 6.43. The normalized spacial score (nSPS) is 16.8. The molecule has 5 rings (SSSR count). The van der Waals surface area contributed by atoms with Crippen LogP contribution in [0.1, 0.15) is 42.0 Å². The summed E-state index contributed by atoms with van der Waals surface area (Å²) in [7, 11) is 0. The average molecular weight is 433 g/mol. The molecule has 3 aromatic rings. The summed E-state index contributed by atoms with van der Waals surface area (Å²) in [4.78, 5) is 31.0. The zero-order chi connectivity index (χ0) is 22.2. The lowest BCUT2D eigenvalue weighted by atomic mass is 9.92. The Hall–Kier alpha value is -3.29. The molecule has 1 amide bonds. The lowest BCUT2D eigenvalue weighted by Gasteiger charge is -2.37. The van der Waals surface area contributed by atoms with Gasteiger partial charge in [-0.2, -0.15) is 4.98 Å². The van der Waals surface area contributed by atoms with Gasteiger partial charge in [-0.05, 0) is 58.1 Å². The molecule has 32 heavy (non-hydrogen) atoms. The first-order valence-corrected chi connectivity index (χ1v) is 11.3. The van der Waals surface area contributed by atoms with Crippen LogP contribution in [0.4, 0.5) is 11.5 Å². The van der Waals surface area contributed by atoms with E-state index in [1.54, 1.807) is 13.1 Å².